The van der Waals surface area contributed by atoms with E-state index in [4.69, 9.17) is 4.42 Å². The highest BCUT2D eigenvalue weighted by molar-refractivity contribution is 5.42. The fraction of sp³-hybridized carbons (Fsp3) is 0.417. The van der Waals surface area contributed by atoms with Crippen molar-refractivity contribution in [3.8, 4) is 0 Å². The summed E-state index contributed by atoms with van der Waals surface area (Å²) in [5, 5.41) is 7.51. The van der Waals surface area contributed by atoms with E-state index in [1.165, 1.54) is 5.56 Å². The first kappa shape index (κ1) is 10.8. The number of anilines is 1. The van der Waals surface area contributed by atoms with Crippen LogP contribution < -0.4 is 5.32 Å². The highest BCUT2D eigenvalue weighted by Crippen LogP contribution is 2.24. The molecule has 0 bridgehead atoms. The molecule has 16 heavy (non-hydrogen) atoms. The lowest BCUT2D eigenvalue weighted by Crippen LogP contribution is -2.06. The molecule has 0 aromatic carbocycles. The van der Waals surface area contributed by atoms with Crippen LogP contribution in [0.25, 0.3) is 0 Å². The van der Waals surface area contributed by atoms with Crippen LogP contribution in [-0.2, 0) is 7.05 Å². The zero-order valence-corrected chi connectivity index (χ0v) is 10.1. The average Bonchev–Trinajstić information content (AvgIpc) is 2.73. The average molecular weight is 219 g/mol. The summed E-state index contributed by atoms with van der Waals surface area (Å²) in [6.07, 6.45) is 3.78. The van der Waals surface area contributed by atoms with Crippen LogP contribution in [0.2, 0.25) is 0 Å². The Hall–Kier alpha value is -1.71. The van der Waals surface area contributed by atoms with Crippen LogP contribution in [0.5, 0.6) is 0 Å². The molecule has 2 heterocycles. The van der Waals surface area contributed by atoms with E-state index in [2.05, 4.69) is 23.4 Å². The molecule has 0 aliphatic carbocycles. The highest BCUT2D eigenvalue weighted by Gasteiger charge is 2.12. The minimum atomic E-state index is 0.224. The van der Waals surface area contributed by atoms with Crippen LogP contribution in [0, 0.1) is 13.8 Å². The summed E-state index contributed by atoms with van der Waals surface area (Å²) in [6.45, 7) is 6.07. The van der Waals surface area contributed by atoms with Crippen LogP contribution in [-0.4, -0.2) is 9.78 Å². The molecular weight excluding hydrogens is 202 g/mol. The molecule has 1 unspecified atom stereocenters. The lowest BCUT2D eigenvalue weighted by Gasteiger charge is -2.12. The van der Waals surface area contributed by atoms with Crippen LogP contribution in [0.15, 0.2) is 22.9 Å². The van der Waals surface area contributed by atoms with Crippen molar-refractivity contribution in [2.75, 3.05) is 5.32 Å². The van der Waals surface area contributed by atoms with Crippen LogP contribution >= 0.6 is 0 Å². The third-order valence-corrected chi connectivity index (χ3v) is 2.63. The molecule has 0 spiro atoms. The number of furan rings is 1. The Morgan fingerprint density at radius 2 is 2.19 bits per heavy atom. The largest absolute Gasteiger partial charge is 0.466 e. The summed E-state index contributed by atoms with van der Waals surface area (Å²) in [5.74, 6) is 1.92. The minimum absolute atomic E-state index is 0.224. The first-order chi connectivity index (χ1) is 7.56. The van der Waals surface area contributed by atoms with Gasteiger partial charge >= 0.3 is 0 Å². The van der Waals surface area contributed by atoms with E-state index < -0.39 is 0 Å². The van der Waals surface area contributed by atoms with Crippen LogP contribution in [0.3, 0.4) is 0 Å². The molecule has 4 nitrogen and oxygen atoms in total. The third kappa shape index (κ3) is 2.10. The van der Waals surface area contributed by atoms with Crippen molar-refractivity contribution in [2.24, 2.45) is 7.05 Å². The molecule has 0 saturated heterocycles. The lowest BCUT2D eigenvalue weighted by molar-refractivity contribution is 0.500. The van der Waals surface area contributed by atoms with Crippen molar-refractivity contribution in [1.82, 2.24) is 9.78 Å². The summed E-state index contributed by atoms with van der Waals surface area (Å²) in [6, 6.07) is 2.30. The van der Waals surface area contributed by atoms with Gasteiger partial charge in [-0.15, -0.1) is 0 Å². The maximum Gasteiger partial charge on any atom is 0.106 e. The molecule has 2 rings (SSSR count). The van der Waals surface area contributed by atoms with Gasteiger partial charge in [-0.2, -0.15) is 5.10 Å². The van der Waals surface area contributed by atoms with Crippen molar-refractivity contribution in [2.45, 2.75) is 26.8 Å². The molecule has 4 heteroatoms. The number of hydrogen-bond donors (Lipinski definition) is 1. The lowest BCUT2D eigenvalue weighted by atomic mass is 10.1. The van der Waals surface area contributed by atoms with Crippen molar-refractivity contribution in [1.29, 1.82) is 0 Å². The quantitative estimate of drug-likeness (QED) is 0.863. The van der Waals surface area contributed by atoms with Crippen molar-refractivity contribution < 1.29 is 4.42 Å². The van der Waals surface area contributed by atoms with Gasteiger partial charge in [0, 0.05) is 18.8 Å². The van der Waals surface area contributed by atoms with Gasteiger partial charge in [-0.3, -0.25) is 4.68 Å². The Labute approximate surface area is 95.3 Å². The normalized spacial score (nSPS) is 12.8. The number of nitrogens with zero attached hydrogens (tertiary/aromatic N) is 2. The van der Waals surface area contributed by atoms with Gasteiger partial charge in [0.05, 0.1) is 17.9 Å². The molecule has 0 aliphatic heterocycles. The summed E-state index contributed by atoms with van der Waals surface area (Å²) in [4.78, 5) is 0. The van der Waals surface area contributed by atoms with E-state index in [9.17, 15) is 0 Å². The molecular formula is C12H17N3O. The molecule has 2 aromatic rings. The number of aryl methyl sites for hydroxylation is 3. The summed E-state index contributed by atoms with van der Waals surface area (Å²) < 4.78 is 7.30. The maximum atomic E-state index is 5.52. The number of nitrogens with one attached hydrogen (secondary N) is 1. The second-order valence-corrected chi connectivity index (χ2v) is 4.14. The topological polar surface area (TPSA) is 43.0 Å². The molecule has 0 saturated carbocycles. The zero-order chi connectivity index (χ0) is 11.7. The van der Waals surface area contributed by atoms with E-state index in [1.807, 2.05) is 33.3 Å². The molecule has 0 fully saturated rings. The predicted molar refractivity (Wildman–Crippen MR) is 63.4 cm³/mol. The summed E-state index contributed by atoms with van der Waals surface area (Å²) in [5.41, 5.74) is 2.22. The summed E-state index contributed by atoms with van der Waals surface area (Å²) >= 11 is 0. The molecule has 1 atom stereocenters. The molecule has 0 aliphatic rings. The van der Waals surface area contributed by atoms with E-state index in [1.54, 1.807) is 4.68 Å². The monoisotopic (exact) mass is 219 g/mol. The molecule has 2 aromatic heterocycles. The van der Waals surface area contributed by atoms with Gasteiger partial charge in [-0.25, -0.2) is 0 Å². The smallest absolute Gasteiger partial charge is 0.106 e. The van der Waals surface area contributed by atoms with Crippen molar-refractivity contribution in [3.05, 3.63) is 35.5 Å². The maximum absolute atomic E-state index is 5.52. The Bertz CT molecular complexity index is 484. The van der Waals surface area contributed by atoms with E-state index in [0.717, 1.165) is 17.2 Å². The molecule has 0 radical (unpaired) electrons. The molecule has 0 amide bonds. The van der Waals surface area contributed by atoms with Gasteiger partial charge in [0.2, 0.25) is 0 Å². The second kappa shape index (κ2) is 4.04. The first-order valence-electron chi connectivity index (χ1n) is 5.38. The SMILES string of the molecule is Cc1cc(C(C)Nc2cnn(C)c2)c(C)o1. The number of aromatic nitrogens is 2. The molecule has 86 valence electrons. The van der Waals surface area contributed by atoms with Gasteiger partial charge in [0.1, 0.15) is 11.5 Å². The first-order valence-corrected chi connectivity index (χ1v) is 5.38. The Morgan fingerprint density at radius 3 is 2.69 bits per heavy atom. The van der Waals surface area contributed by atoms with Crippen LogP contribution in [0.4, 0.5) is 5.69 Å². The minimum Gasteiger partial charge on any atom is -0.466 e. The Morgan fingerprint density at radius 1 is 1.44 bits per heavy atom. The van der Waals surface area contributed by atoms with Gasteiger partial charge < -0.3 is 9.73 Å². The van der Waals surface area contributed by atoms with Gasteiger partial charge in [-0.1, -0.05) is 0 Å². The predicted octanol–water partition coefficient (Wildman–Crippen LogP) is 2.80. The fourth-order valence-corrected chi connectivity index (χ4v) is 1.90. The summed E-state index contributed by atoms with van der Waals surface area (Å²) in [7, 11) is 1.91. The Balaban J connectivity index is 2.14. The van der Waals surface area contributed by atoms with Gasteiger partial charge in [0.15, 0.2) is 0 Å². The number of hydrogen-bond acceptors (Lipinski definition) is 3. The number of rotatable bonds is 3. The van der Waals surface area contributed by atoms with Crippen LogP contribution in [0.1, 0.15) is 30.0 Å². The second-order valence-electron chi connectivity index (χ2n) is 4.14. The van der Waals surface area contributed by atoms with E-state index in [-0.39, 0.29) is 6.04 Å². The standard InChI is InChI=1S/C12H17N3O/c1-8-5-12(10(3)16-8)9(2)14-11-6-13-15(4)7-11/h5-7,9,14H,1-4H3. The van der Waals surface area contributed by atoms with Crippen molar-refractivity contribution >= 4 is 5.69 Å². The Kier molecular flexibility index (Phi) is 2.73. The highest BCUT2D eigenvalue weighted by atomic mass is 16.3. The third-order valence-electron chi connectivity index (χ3n) is 2.63. The van der Waals surface area contributed by atoms with E-state index in [0.29, 0.717) is 0 Å². The van der Waals surface area contributed by atoms with Gasteiger partial charge in [0.25, 0.3) is 0 Å². The fourth-order valence-electron chi connectivity index (χ4n) is 1.90. The zero-order valence-electron chi connectivity index (χ0n) is 10.1. The van der Waals surface area contributed by atoms with Gasteiger partial charge in [-0.05, 0) is 26.8 Å². The van der Waals surface area contributed by atoms with Crippen molar-refractivity contribution in [3.63, 3.8) is 0 Å². The molecule has 1 N–H and O–H groups in total. The van der Waals surface area contributed by atoms with E-state index >= 15 is 0 Å².